The van der Waals surface area contributed by atoms with Gasteiger partial charge in [0.15, 0.2) is 5.69 Å². The van der Waals surface area contributed by atoms with Gasteiger partial charge in [-0.05, 0) is 48.4 Å². The van der Waals surface area contributed by atoms with E-state index in [1.54, 1.807) is 24.5 Å². The van der Waals surface area contributed by atoms with Crippen molar-refractivity contribution < 1.29 is 4.79 Å². The molecule has 5 nitrogen and oxygen atoms in total. The topological polar surface area (TPSA) is 59.8 Å². The molecule has 5 aromatic rings. The Hall–Kier alpha value is -4.51. The van der Waals surface area contributed by atoms with Crippen LogP contribution >= 0.6 is 0 Å². The summed E-state index contributed by atoms with van der Waals surface area (Å²) in [6.07, 6.45) is 3.27. The van der Waals surface area contributed by atoms with Gasteiger partial charge in [-0.2, -0.15) is 5.10 Å². The molecule has 0 bridgehead atoms. The van der Waals surface area contributed by atoms with Gasteiger partial charge in [-0.15, -0.1) is 0 Å². The number of aromatic nitrogens is 3. The van der Waals surface area contributed by atoms with Gasteiger partial charge >= 0.3 is 0 Å². The van der Waals surface area contributed by atoms with E-state index in [1.165, 1.54) is 0 Å². The largest absolute Gasteiger partial charge is 0.319 e. The second-order valence-corrected chi connectivity index (χ2v) is 7.80. The van der Waals surface area contributed by atoms with Crippen molar-refractivity contribution in [3.63, 3.8) is 0 Å². The highest BCUT2D eigenvalue weighted by molar-refractivity contribution is 6.03. The molecule has 0 saturated carbocycles. The first-order valence-corrected chi connectivity index (χ1v) is 10.7. The monoisotopic (exact) mass is 430 g/mol. The van der Waals surface area contributed by atoms with Crippen molar-refractivity contribution in [1.82, 2.24) is 14.8 Å². The fourth-order valence-corrected chi connectivity index (χ4v) is 3.68. The van der Waals surface area contributed by atoms with Gasteiger partial charge in [-0.3, -0.25) is 9.78 Å². The molecule has 5 rings (SSSR count). The van der Waals surface area contributed by atoms with Gasteiger partial charge in [-0.1, -0.05) is 72.3 Å². The van der Waals surface area contributed by atoms with E-state index in [0.717, 1.165) is 33.6 Å². The van der Waals surface area contributed by atoms with Crippen molar-refractivity contribution in [1.29, 1.82) is 0 Å². The Morgan fingerprint density at radius 1 is 0.788 bits per heavy atom. The molecule has 160 valence electrons. The number of carbonyl (C=O) groups excluding carboxylic acids is 1. The highest BCUT2D eigenvalue weighted by Gasteiger charge is 2.17. The summed E-state index contributed by atoms with van der Waals surface area (Å²) >= 11 is 0. The molecule has 1 N–H and O–H groups in total. The first-order valence-electron chi connectivity index (χ1n) is 10.7. The van der Waals surface area contributed by atoms with Gasteiger partial charge in [0.1, 0.15) is 0 Å². The van der Waals surface area contributed by atoms with Crippen LogP contribution in [0, 0.1) is 6.92 Å². The zero-order valence-electron chi connectivity index (χ0n) is 18.1. The third kappa shape index (κ3) is 4.43. The molecule has 0 aliphatic rings. The molecular formula is C28H22N4O. The van der Waals surface area contributed by atoms with Gasteiger partial charge in [0.25, 0.3) is 5.91 Å². The Kier molecular flexibility index (Phi) is 5.52. The summed E-state index contributed by atoms with van der Waals surface area (Å²) in [6, 6.07) is 32.0. The highest BCUT2D eigenvalue weighted by Crippen LogP contribution is 2.28. The Balaban J connectivity index is 1.53. The lowest BCUT2D eigenvalue weighted by Crippen LogP contribution is -2.13. The molecule has 33 heavy (non-hydrogen) atoms. The van der Waals surface area contributed by atoms with Crippen LogP contribution in [0.5, 0.6) is 0 Å². The number of aryl methyl sites for hydroxylation is 1. The van der Waals surface area contributed by atoms with Gasteiger partial charge < -0.3 is 5.32 Å². The van der Waals surface area contributed by atoms with Gasteiger partial charge in [0.2, 0.25) is 0 Å². The highest BCUT2D eigenvalue weighted by atomic mass is 16.2. The van der Waals surface area contributed by atoms with Crippen molar-refractivity contribution in [3.05, 3.63) is 121 Å². The SMILES string of the molecule is Cc1ccc(-n2nc(C(=O)Nc3cccnc3)cc2-c2ccc(-c3ccccc3)cc2)cc1. The summed E-state index contributed by atoms with van der Waals surface area (Å²) < 4.78 is 1.81. The number of pyridine rings is 1. The quantitative estimate of drug-likeness (QED) is 0.363. The number of amides is 1. The van der Waals surface area contributed by atoms with Crippen LogP contribution in [0.3, 0.4) is 0 Å². The molecular weight excluding hydrogens is 408 g/mol. The molecule has 3 aromatic carbocycles. The lowest BCUT2D eigenvalue weighted by Gasteiger charge is -2.09. The summed E-state index contributed by atoms with van der Waals surface area (Å²) in [5, 5.41) is 7.51. The maximum atomic E-state index is 12.9. The molecule has 0 saturated heterocycles. The minimum atomic E-state index is -0.281. The Morgan fingerprint density at radius 3 is 2.18 bits per heavy atom. The Bertz CT molecular complexity index is 1370. The molecule has 0 fully saturated rings. The summed E-state index contributed by atoms with van der Waals surface area (Å²) in [4.78, 5) is 17.0. The number of hydrogen-bond acceptors (Lipinski definition) is 3. The second-order valence-electron chi connectivity index (χ2n) is 7.80. The Labute approximate surface area is 192 Å². The minimum Gasteiger partial charge on any atom is -0.319 e. The first kappa shape index (κ1) is 20.4. The molecule has 0 aliphatic heterocycles. The number of anilines is 1. The lowest BCUT2D eigenvalue weighted by atomic mass is 10.0. The summed E-state index contributed by atoms with van der Waals surface area (Å²) in [5.74, 6) is -0.281. The smallest absolute Gasteiger partial charge is 0.276 e. The number of carbonyl (C=O) groups is 1. The van der Waals surface area contributed by atoms with Crippen LogP contribution in [0.15, 0.2) is 109 Å². The van der Waals surface area contributed by atoms with Crippen molar-refractivity contribution >= 4 is 11.6 Å². The van der Waals surface area contributed by atoms with Crippen molar-refractivity contribution in [3.8, 4) is 28.1 Å². The van der Waals surface area contributed by atoms with E-state index in [2.05, 4.69) is 51.8 Å². The van der Waals surface area contributed by atoms with Crippen molar-refractivity contribution in [2.45, 2.75) is 6.92 Å². The first-order chi connectivity index (χ1) is 16.2. The van der Waals surface area contributed by atoms with Gasteiger partial charge in [0, 0.05) is 11.8 Å². The zero-order valence-corrected chi connectivity index (χ0v) is 18.1. The third-order valence-electron chi connectivity index (χ3n) is 5.43. The molecule has 0 spiro atoms. The average molecular weight is 431 g/mol. The number of hydrogen-bond donors (Lipinski definition) is 1. The molecule has 0 unspecified atom stereocenters. The van der Waals surface area contributed by atoms with Crippen LogP contribution in [-0.4, -0.2) is 20.7 Å². The predicted molar refractivity (Wildman–Crippen MR) is 131 cm³/mol. The van der Waals surface area contributed by atoms with E-state index in [1.807, 2.05) is 60.1 Å². The zero-order chi connectivity index (χ0) is 22.6. The summed E-state index contributed by atoms with van der Waals surface area (Å²) in [5.41, 5.74) is 7.13. The molecule has 5 heteroatoms. The third-order valence-corrected chi connectivity index (χ3v) is 5.43. The maximum Gasteiger partial charge on any atom is 0.276 e. The molecule has 0 atom stereocenters. The number of benzene rings is 3. The fourth-order valence-electron chi connectivity index (χ4n) is 3.68. The van der Waals surface area contributed by atoms with Gasteiger partial charge in [0.05, 0.1) is 23.3 Å². The van der Waals surface area contributed by atoms with E-state index in [0.29, 0.717) is 11.4 Å². The Morgan fingerprint density at radius 2 is 1.48 bits per heavy atom. The van der Waals surface area contributed by atoms with Crippen LogP contribution in [0.4, 0.5) is 5.69 Å². The maximum absolute atomic E-state index is 12.9. The molecule has 0 radical (unpaired) electrons. The van der Waals surface area contributed by atoms with Crippen LogP contribution in [0.2, 0.25) is 0 Å². The predicted octanol–water partition coefficient (Wildman–Crippen LogP) is 6.16. The van der Waals surface area contributed by atoms with E-state index >= 15 is 0 Å². The number of rotatable bonds is 5. The standard InChI is InChI=1S/C28H22N4O/c1-20-9-15-25(16-10-20)32-27(18-26(31-32)28(33)30-24-8-5-17-29-19-24)23-13-11-22(12-14-23)21-6-3-2-4-7-21/h2-19H,1H3,(H,30,33). The minimum absolute atomic E-state index is 0.281. The lowest BCUT2D eigenvalue weighted by molar-refractivity contribution is 0.102. The molecule has 1 amide bonds. The average Bonchev–Trinajstić information content (AvgIpc) is 3.31. The second kappa shape index (κ2) is 8.93. The van der Waals surface area contributed by atoms with Crippen LogP contribution < -0.4 is 5.32 Å². The number of nitrogens with zero attached hydrogens (tertiary/aromatic N) is 3. The number of nitrogens with one attached hydrogen (secondary N) is 1. The van der Waals surface area contributed by atoms with E-state index in [4.69, 9.17) is 0 Å². The van der Waals surface area contributed by atoms with E-state index in [-0.39, 0.29) is 5.91 Å². The van der Waals surface area contributed by atoms with Crippen molar-refractivity contribution in [2.75, 3.05) is 5.32 Å². The van der Waals surface area contributed by atoms with Crippen LogP contribution in [-0.2, 0) is 0 Å². The van der Waals surface area contributed by atoms with Crippen LogP contribution in [0.25, 0.3) is 28.1 Å². The van der Waals surface area contributed by atoms with Gasteiger partial charge in [-0.25, -0.2) is 4.68 Å². The summed E-state index contributed by atoms with van der Waals surface area (Å²) in [6.45, 7) is 2.04. The molecule has 0 aliphatic carbocycles. The van der Waals surface area contributed by atoms with E-state index in [9.17, 15) is 4.79 Å². The normalized spacial score (nSPS) is 10.7. The fraction of sp³-hybridized carbons (Fsp3) is 0.0357. The van der Waals surface area contributed by atoms with Crippen LogP contribution in [0.1, 0.15) is 16.1 Å². The van der Waals surface area contributed by atoms with Crippen molar-refractivity contribution in [2.24, 2.45) is 0 Å². The molecule has 2 aromatic heterocycles. The summed E-state index contributed by atoms with van der Waals surface area (Å²) in [7, 11) is 0. The van der Waals surface area contributed by atoms with E-state index < -0.39 is 0 Å². The molecule has 2 heterocycles.